The summed E-state index contributed by atoms with van der Waals surface area (Å²) in [6.45, 7) is 0. The van der Waals surface area contributed by atoms with Crippen LogP contribution in [0.1, 0.15) is 15.9 Å². The summed E-state index contributed by atoms with van der Waals surface area (Å²) < 4.78 is 13.1. The SMILES string of the molecule is O=C(O)c1cccc(S(=O)Cc2ccccc2Br)c1. The second-order valence-electron chi connectivity index (χ2n) is 3.91. The zero-order valence-corrected chi connectivity index (χ0v) is 12.3. The van der Waals surface area contributed by atoms with Crippen LogP contribution in [0.3, 0.4) is 0 Å². The molecule has 0 aliphatic rings. The van der Waals surface area contributed by atoms with Gasteiger partial charge >= 0.3 is 5.97 Å². The minimum Gasteiger partial charge on any atom is -0.478 e. The number of rotatable bonds is 4. The van der Waals surface area contributed by atoms with Gasteiger partial charge in [-0.15, -0.1) is 0 Å². The van der Waals surface area contributed by atoms with Crippen molar-refractivity contribution in [2.24, 2.45) is 0 Å². The Kier molecular flexibility index (Phi) is 4.50. The van der Waals surface area contributed by atoms with Gasteiger partial charge in [-0.2, -0.15) is 0 Å². The molecule has 0 bridgehead atoms. The van der Waals surface area contributed by atoms with Gasteiger partial charge in [-0.3, -0.25) is 4.21 Å². The smallest absolute Gasteiger partial charge is 0.335 e. The standard InChI is InChI=1S/C14H11BrO3S/c15-13-7-2-1-4-11(13)9-19(18)12-6-3-5-10(8-12)14(16)17/h1-8H,9H2,(H,16,17). The molecule has 5 heteroatoms. The van der Waals surface area contributed by atoms with Gasteiger partial charge in [0.25, 0.3) is 0 Å². The van der Waals surface area contributed by atoms with E-state index in [9.17, 15) is 9.00 Å². The van der Waals surface area contributed by atoms with E-state index in [4.69, 9.17) is 5.11 Å². The Morgan fingerprint density at radius 1 is 1.16 bits per heavy atom. The van der Waals surface area contributed by atoms with Crippen LogP contribution in [0.25, 0.3) is 0 Å². The summed E-state index contributed by atoms with van der Waals surface area (Å²) in [6.07, 6.45) is 0. The molecular weight excluding hydrogens is 328 g/mol. The van der Waals surface area contributed by atoms with Gasteiger partial charge < -0.3 is 5.11 Å². The predicted octanol–water partition coefficient (Wildman–Crippen LogP) is 3.46. The van der Waals surface area contributed by atoms with Crippen LogP contribution in [0.4, 0.5) is 0 Å². The molecule has 1 N–H and O–H groups in total. The molecule has 0 fully saturated rings. The molecule has 2 aromatic carbocycles. The minimum atomic E-state index is -1.26. The van der Waals surface area contributed by atoms with E-state index in [1.165, 1.54) is 12.1 Å². The zero-order chi connectivity index (χ0) is 13.8. The maximum Gasteiger partial charge on any atom is 0.335 e. The van der Waals surface area contributed by atoms with Crippen molar-refractivity contribution in [3.8, 4) is 0 Å². The highest BCUT2D eigenvalue weighted by Crippen LogP contribution is 2.20. The second-order valence-corrected chi connectivity index (χ2v) is 6.22. The molecule has 0 aromatic heterocycles. The van der Waals surface area contributed by atoms with Gasteiger partial charge in [0.1, 0.15) is 0 Å². The molecule has 0 saturated carbocycles. The Morgan fingerprint density at radius 3 is 2.58 bits per heavy atom. The topological polar surface area (TPSA) is 54.4 Å². The molecular formula is C14H11BrO3S. The molecule has 0 heterocycles. The number of carbonyl (C=O) groups is 1. The third kappa shape index (κ3) is 3.52. The first-order valence-electron chi connectivity index (χ1n) is 5.53. The Morgan fingerprint density at radius 2 is 1.89 bits per heavy atom. The van der Waals surface area contributed by atoms with Crippen LogP contribution in [0, 0.1) is 0 Å². The summed E-state index contributed by atoms with van der Waals surface area (Å²) >= 11 is 3.41. The highest BCUT2D eigenvalue weighted by molar-refractivity contribution is 9.10. The fraction of sp³-hybridized carbons (Fsp3) is 0.0714. The van der Waals surface area contributed by atoms with Crippen LogP contribution in [-0.4, -0.2) is 15.3 Å². The molecule has 0 aliphatic carbocycles. The fourth-order valence-electron chi connectivity index (χ4n) is 1.61. The Labute approximate surface area is 121 Å². The average Bonchev–Trinajstić information content (AvgIpc) is 2.41. The molecule has 0 radical (unpaired) electrons. The van der Waals surface area contributed by atoms with Crippen LogP contribution in [0.5, 0.6) is 0 Å². The average molecular weight is 339 g/mol. The first kappa shape index (κ1) is 14.0. The highest BCUT2D eigenvalue weighted by Gasteiger charge is 2.10. The van der Waals surface area contributed by atoms with Gasteiger partial charge in [0.2, 0.25) is 0 Å². The third-order valence-corrected chi connectivity index (χ3v) is 4.71. The predicted molar refractivity (Wildman–Crippen MR) is 77.7 cm³/mol. The van der Waals surface area contributed by atoms with Crippen LogP contribution in [0.2, 0.25) is 0 Å². The van der Waals surface area contributed by atoms with Gasteiger partial charge in [-0.25, -0.2) is 4.79 Å². The number of halogens is 1. The van der Waals surface area contributed by atoms with E-state index >= 15 is 0 Å². The summed E-state index contributed by atoms with van der Waals surface area (Å²) in [5.41, 5.74) is 1.08. The third-order valence-electron chi connectivity index (χ3n) is 2.59. The van der Waals surface area contributed by atoms with Gasteiger partial charge in [0, 0.05) is 9.37 Å². The first-order chi connectivity index (χ1) is 9.08. The lowest BCUT2D eigenvalue weighted by Gasteiger charge is -2.05. The summed E-state index contributed by atoms with van der Waals surface area (Å²) in [6, 6.07) is 13.8. The normalized spacial score (nSPS) is 12.1. The number of hydrogen-bond donors (Lipinski definition) is 1. The van der Waals surface area contributed by atoms with Crippen molar-refractivity contribution in [3.63, 3.8) is 0 Å². The summed E-state index contributed by atoms with van der Waals surface area (Å²) in [5, 5.41) is 8.92. The molecule has 0 spiro atoms. The van der Waals surface area contributed by atoms with Gasteiger partial charge in [-0.05, 0) is 29.8 Å². The lowest BCUT2D eigenvalue weighted by Crippen LogP contribution is -2.01. The lowest BCUT2D eigenvalue weighted by atomic mass is 10.2. The van der Waals surface area contributed by atoms with Crippen molar-refractivity contribution >= 4 is 32.7 Å². The van der Waals surface area contributed by atoms with E-state index in [-0.39, 0.29) is 5.56 Å². The Hall–Kier alpha value is -1.46. The number of benzene rings is 2. The maximum atomic E-state index is 12.2. The maximum absolute atomic E-state index is 12.2. The molecule has 98 valence electrons. The van der Waals surface area contributed by atoms with Crippen molar-refractivity contribution < 1.29 is 14.1 Å². The molecule has 2 rings (SSSR count). The van der Waals surface area contributed by atoms with Crippen molar-refractivity contribution in [1.82, 2.24) is 0 Å². The van der Waals surface area contributed by atoms with Gasteiger partial charge in [0.15, 0.2) is 0 Å². The van der Waals surface area contributed by atoms with Crippen molar-refractivity contribution in [2.45, 2.75) is 10.6 Å². The summed E-state index contributed by atoms with van der Waals surface area (Å²) in [4.78, 5) is 11.4. The fourth-order valence-corrected chi connectivity index (χ4v) is 3.41. The van der Waals surface area contributed by atoms with E-state index in [0.29, 0.717) is 10.6 Å². The Balaban J connectivity index is 2.23. The molecule has 19 heavy (non-hydrogen) atoms. The molecule has 0 amide bonds. The minimum absolute atomic E-state index is 0.151. The quantitative estimate of drug-likeness (QED) is 0.928. The molecule has 2 aromatic rings. The number of carboxylic acids is 1. The monoisotopic (exact) mass is 338 g/mol. The van der Waals surface area contributed by atoms with Crippen LogP contribution >= 0.6 is 15.9 Å². The highest BCUT2D eigenvalue weighted by atomic mass is 79.9. The second kappa shape index (κ2) is 6.12. The number of hydrogen-bond acceptors (Lipinski definition) is 2. The van der Waals surface area contributed by atoms with Crippen LogP contribution in [-0.2, 0) is 16.6 Å². The molecule has 1 atom stereocenters. The Bertz CT molecular complexity index is 640. The van der Waals surface area contributed by atoms with Gasteiger partial charge in [-0.1, -0.05) is 40.2 Å². The van der Waals surface area contributed by atoms with E-state index in [0.717, 1.165) is 10.0 Å². The van der Waals surface area contributed by atoms with E-state index in [1.807, 2.05) is 24.3 Å². The van der Waals surface area contributed by atoms with Gasteiger partial charge in [0.05, 0.1) is 22.1 Å². The lowest BCUT2D eigenvalue weighted by molar-refractivity contribution is 0.0696. The van der Waals surface area contributed by atoms with Crippen molar-refractivity contribution in [3.05, 3.63) is 64.1 Å². The van der Waals surface area contributed by atoms with E-state index < -0.39 is 16.8 Å². The number of aromatic carboxylic acids is 1. The summed E-state index contributed by atoms with van der Waals surface area (Å²) in [7, 11) is -1.26. The largest absolute Gasteiger partial charge is 0.478 e. The molecule has 1 unspecified atom stereocenters. The van der Waals surface area contributed by atoms with Crippen molar-refractivity contribution in [1.29, 1.82) is 0 Å². The van der Waals surface area contributed by atoms with Crippen LogP contribution in [0.15, 0.2) is 57.9 Å². The van der Waals surface area contributed by atoms with E-state index in [2.05, 4.69) is 15.9 Å². The van der Waals surface area contributed by atoms with Crippen molar-refractivity contribution in [2.75, 3.05) is 0 Å². The van der Waals surface area contributed by atoms with E-state index in [1.54, 1.807) is 12.1 Å². The first-order valence-corrected chi connectivity index (χ1v) is 7.64. The zero-order valence-electron chi connectivity index (χ0n) is 9.88. The van der Waals surface area contributed by atoms with Crippen LogP contribution < -0.4 is 0 Å². The molecule has 3 nitrogen and oxygen atoms in total. The number of carboxylic acid groups (broad SMARTS) is 1. The molecule has 0 saturated heterocycles. The molecule has 0 aliphatic heterocycles. The summed E-state index contributed by atoms with van der Waals surface area (Å²) in [5.74, 6) is -0.662.